The van der Waals surface area contributed by atoms with Crippen molar-refractivity contribution in [3.8, 4) is 6.07 Å². The lowest BCUT2D eigenvalue weighted by molar-refractivity contribution is 0.0835. The highest BCUT2D eigenvalue weighted by Crippen LogP contribution is 2.30. The Labute approximate surface area is 123 Å². The number of thioether (sulfide) groups is 1. The van der Waals surface area contributed by atoms with Crippen molar-refractivity contribution < 1.29 is 9.90 Å². The van der Waals surface area contributed by atoms with Crippen molar-refractivity contribution in [2.24, 2.45) is 0 Å². The minimum atomic E-state index is -0.468. The second-order valence-corrected chi connectivity index (χ2v) is 6.06. The fraction of sp³-hybridized carbons (Fsp3) is 0.467. The zero-order valence-corrected chi connectivity index (χ0v) is 12.1. The molecule has 0 atom stereocenters. The molecule has 0 spiro atoms. The molecule has 2 rings (SSSR count). The second-order valence-electron chi connectivity index (χ2n) is 5.04. The number of hydrogen-bond donors (Lipinski definition) is 2. The summed E-state index contributed by atoms with van der Waals surface area (Å²) in [5.41, 5.74) is 0.108. The molecule has 0 saturated heterocycles. The van der Waals surface area contributed by atoms with E-state index in [4.69, 9.17) is 5.26 Å². The van der Waals surface area contributed by atoms with Crippen molar-refractivity contribution in [1.29, 1.82) is 5.26 Å². The van der Waals surface area contributed by atoms with Crippen molar-refractivity contribution in [2.45, 2.75) is 36.1 Å². The Morgan fingerprint density at radius 3 is 2.75 bits per heavy atom. The molecule has 1 amide bonds. The number of aliphatic hydroxyl groups excluding tert-OH is 1. The number of carbonyl (C=O) groups is 1. The molecule has 1 aliphatic rings. The molecule has 2 N–H and O–H groups in total. The molecule has 106 valence electrons. The first-order valence-electron chi connectivity index (χ1n) is 6.73. The average molecular weight is 290 g/mol. The lowest BCUT2D eigenvalue weighted by Crippen LogP contribution is -2.49. The van der Waals surface area contributed by atoms with Crippen LogP contribution in [0.3, 0.4) is 0 Å². The minimum Gasteiger partial charge on any atom is -0.394 e. The number of rotatable bonds is 5. The van der Waals surface area contributed by atoms with Gasteiger partial charge in [0.1, 0.15) is 0 Å². The van der Waals surface area contributed by atoms with E-state index in [9.17, 15) is 9.90 Å². The van der Waals surface area contributed by atoms with Gasteiger partial charge < -0.3 is 10.4 Å². The van der Waals surface area contributed by atoms with E-state index in [0.717, 1.165) is 30.6 Å². The molecule has 0 unspecified atom stereocenters. The molecular formula is C15H18N2O2S. The highest BCUT2D eigenvalue weighted by Gasteiger charge is 2.35. The maximum atomic E-state index is 12.4. The number of carbonyl (C=O) groups excluding carboxylic acids is 1. The molecule has 0 aromatic heterocycles. The van der Waals surface area contributed by atoms with E-state index in [0.29, 0.717) is 11.3 Å². The average Bonchev–Trinajstić information content (AvgIpc) is 2.94. The van der Waals surface area contributed by atoms with Crippen molar-refractivity contribution in [3.05, 3.63) is 29.8 Å². The van der Waals surface area contributed by atoms with Gasteiger partial charge >= 0.3 is 0 Å². The van der Waals surface area contributed by atoms with Crippen molar-refractivity contribution in [2.75, 3.05) is 12.4 Å². The van der Waals surface area contributed by atoms with Gasteiger partial charge in [-0.3, -0.25) is 4.79 Å². The molecule has 1 fully saturated rings. The van der Waals surface area contributed by atoms with Gasteiger partial charge in [0.25, 0.3) is 5.91 Å². The molecule has 5 heteroatoms. The predicted octanol–water partition coefficient (Wildman–Crippen LogP) is 2.34. The third kappa shape index (κ3) is 3.33. The summed E-state index contributed by atoms with van der Waals surface area (Å²) in [6.07, 6.45) is 3.71. The normalized spacial score (nSPS) is 16.6. The zero-order chi connectivity index (χ0) is 14.4. The van der Waals surface area contributed by atoms with Crippen LogP contribution in [-0.2, 0) is 0 Å². The van der Waals surface area contributed by atoms with E-state index in [1.807, 2.05) is 18.2 Å². The summed E-state index contributed by atoms with van der Waals surface area (Å²) in [7, 11) is 0. The summed E-state index contributed by atoms with van der Waals surface area (Å²) < 4.78 is 0. The van der Waals surface area contributed by atoms with E-state index in [2.05, 4.69) is 11.4 Å². The molecule has 0 aliphatic heterocycles. The number of hydrogen-bond acceptors (Lipinski definition) is 4. The van der Waals surface area contributed by atoms with Crippen LogP contribution in [0, 0.1) is 11.3 Å². The molecule has 1 aromatic rings. The first kappa shape index (κ1) is 14.9. The van der Waals surface area contributed by atoms with Crippen LogP contribution in [0.25, 0.3) is 0 Å². The monoisotopic (exact) mass is 290 g/mol. The van der Waals surface area contributed by atoms with Gasteiger partial charge in [-0.2, -0.15) is 5.26 Å². The summed E-state index contributed by atoms with van der Waals surface area (Å²) in [6.45, 7) is -0.0216. The Bertz CT molecular complexity index is 519. The summed E-state index contributed by atoms with van der Waals surface area (Å²) in [4.78, 5) is 13.2. The van der Waals surface area contributed by atoms with Gasteiger partial charge in [0.2, 0.25) is 0 Å². The Morgan fingerprint density at radius 1 is 1.40 bits per heavy atom. The molecule has 1 saturated carbocycles. The van der Waals surface area contributed by atoms with Crippen LogP contribution >= 0.6 is 11.8 Å². The number of nitriles is 1. The summed E-state index contributed by atoms with van der Waals surface area (Å²) in [5.74, 6) is 0.150. The van der Waals surface area contributed by atoms with Gasteiger partial charge in [0, 0.05) is 4.90 Å². The van der Waals surface area contributed by atoms with Crippen molar-refractivity contribution >= 4 is 17.7 Å². The van der Waals surface area contributed by atoms with Gasteiger partial charge in [-0.25, -0.2) is 0 Å². The molecule has 1 aliphatic carbocycles. The fourth-order valence-electron chi connectivity index (χ4n) is 2.57. The van der Waals surface area contributed by atoms with Gasteiger partial charge in [-0.15, -0.1) is 11.8 Å². The summed E-state index contributed by atoms with van der Waals surface area (Å²) >= 11 is 1.36. The lowest BCUT2D eigenvalue weighted by Gasteiger charge is -2.28. The highest BCUT2D eigenvalue weighted by molar-refractivity contribution is 7.99. The van der Waals surface area contributed by atoms with E-state index < -0.39 is 5.54 Å². The van der Waals surface area contributed by atoms with Crippen LogP contribution in [0.5, 0.6) is 0 Å². The molecule has 0 bridgehead atoms. The SMILES string of the molecule is N#CCSc1ccccc1C(=O)NC1(CO)CCCC1. The van der Waals surface area contributed by atoms with Crippen LogP contribution in [0.15, 0.2) is 29.2 Å². The fourth-order valence-corrected chi connectivity index (χ4v) is 3.28. The van der Waals surface area contributed by atoms with Gasteiger partial charge in [-0.05, 0) is 25.0 Å². The quantitative estimate of drug-likeness (QED) is 0.816. The van der Waals surface area contributed by atoms with Gasteiger partial charge in [0.05, 0.1) is 29.5 Å². The molecule has 20 heavy (non-hydrogen) atoms. The second kappa shape index (κ2) is 6.78. The zero-order valence-electron chi connectivity index (χ0n) is 11.3. The Morgan fingerprint density at radius 2 is 2.10 bits per heavy atom. The predicted molar refractivity (Wildman–Crippen MR) is 78.5 cm³/mol. The largest absolute Gasteiger partial charge is 0.394 e. The molecule has 1 aromatic carbocycles. The first-order chi connectivity index (χ1) is 9.71. The van der Waals surface area contributed by atoms with Crippen LogP contribution in [-0.4, -0.2) is 28.9 Å². The van der Waals surface area contributed by atoms with E-state index in [1.54, 1.807) is 6.07 Å². The first-order valence-corrected chi connectivity index (χ1v) is 7.71. The van der Waals surface area contributed by atoms with Crippen LogP contribution < -0.4 is 5.32 Å². The van der Waals surface area contributed by atoms with Gasteiger partial charge in [0.15, 0.2) is 0 Å². The Kier molecular flexibility index (Phi) is 5.05. The standard InChI is InChI=1S/C15H18N2O2S/c16-9-10-20-13-6-2-1-5-12(13)14(19)17-15(11-18)7-3-4-8-15/h1-2,5-6,18H,3-4,7-8,10-11H2,(H,17,19). The number of nitrogens with zero attached hydrogens (tertiary/aromatic N) is 1. The number of nitrogens with one attached hydrogen (secondary N) is 1. The number of amides is 1. The summed E-state index contributed by atoms with van der Waals surface area (Å²) in [6, 6.07) is 9.33. The van der Waals surface area contributed by atoms with Crippen molar-refractivity contribution in [1.82, 2.24) is 5.32 Å². The highest BCUT2D eigenvalue weighted by atomic mass is 32.2. The van der Waals surface area contributed by atoms with Crippen LogP contribution in [0.2, 0.25) is 0 Å². The van der Waals surface area contributed by atoms with E-state index >= 15 is 0 Å². The Balaban J connectivity index is 2.14. The molecule has 0 heterocycles. The third-order valence-electron chi connectivity index (χ3n) is 3.67. The number of aliphatic hydroxyl groups is 1. The smallest absolute Gasteiger partial charge is 0.252 e. The molecule has 0 radical (unpaired) electrons. The van der Waals surface area contributed by atoms with Crippen molar-refractivity contribution in [3.63, 3.8) is 0 Å². The van der Waals surface area contributed by atoms with Gasteiger partial charge in [-0.1, -0.05) is 25.0 Å². The minimum absolute atomic E-state index is 0.0216. The summed E-state index contributed by atoms with van der Waals surface area (Å²) in [5, 5.41) is 21.2. The van der Waals surface area contributed by atoms with E-state index in [-0.39, 0.29) is 12.5 Å². The molecular weight excluding hydrogens is 272 g/mol. The molecule has 4 nitrogen and oxygen atoms in total. The topological polar surface area (TPSA) is 73.1 Å². The lowest BCUT2D eigenvalue weighted by atomic mass is 9.98. The Hall–Kier alpha value is -1.51. The number of benzene rings is 1. The van der Waals surface area contributed by atoms with E-state index in [1.165, 1.54) is 11.8 Å². The van der Waals surface area contributed by atoms with Crippen LogP contribution in [0.4, 0.5) is 0 Å². The third-order valence-corrected chi connectivity index (χ3v) is 4.61. The maximum absolute atomic E-state index is 12.4. The van der Waals surface area contributed by atoms with Crippen LogP contribution in [0.1, 0.15) is 36.0 Å². The maximum Gasteiger partial charge on any atom is 0.252 e.